The molecule has 7 rings (SSSR count). The SMILES string of the molecule is CCc1nc2c(C)cc(N3CCC4(CC3)CN(OC(=O)C3CC3)C4CC)cn2c1N(C)c1nc(-c2ccc(F)cc2)c(C#N)s1. The Kier molecular flexibility index (Phi) is 7.53. The molecule has 1 unspecified atom stereocenters. The number of anilines is 3. The summed E-state index contributed by atoms with van der Waals surface area (Å²) in [4.78, 5) is 32.9. The van der Waals surface area contributed by atoms with E-state index in [4.69, 9.17) is 14.8 Å². The van der Waals surface area contributed by atoms with Crippen molar-refractivity contribution in [3.05, 3.63) is 58.5 Å². The Balaban J connectivity index is 1.15. The Morgan fingerprint density at radius 3 is 2.58 bits per heavy atom. The maximum absolute atomic E-state index is 13.6. The van der Waals surface area contributed by atoms with Crippen LogP contribution in [0.3, 0.4) is 0 Å². The number of benzene rings is 1. The summed E-state index contributed by atoms with van der Waals surface area (Å²) in [6.07, 6.45) is 7.93. The third-order valence-electron chi connectivity index (χ3n) is 9.86. The average Bonchev–Trinajstić information content (AvgIpc) is 3.69. The lowest BCUT2D eigenvalue weighted by Gasteiger charge is -2.58. The van der Waals surface area contributed by atoms with Crippen LogP contribution in [0, 0.1) is 35.4 Å². The summed E-state index contributed by atoms with van der Waals surface area (Å²) < 4.78 is 15.8. The topological polar surface area (TPSA) is 90.0 Å². The molecule has 4 aromatic rings. The second-order valence-electron chi connectivity index (χ2n) is 12.7. The first-order valence-electron chi connectivity index (χ1n) is 15.9. The van der Waals surface area contributed by atoms with Gasteiger partial charge in [-0.1, -0.05) is 25.2 Å². The number of imidazole rings is 1. The molecule has 3 fully saturated rings. The zero-order chi connectivity index (χ0) is 31.5. The van der Waals surface area contributed by atoms with Crippen molar-refractivity contribution in [2.75, 3.05) is 36.5 Å². The van der Waals surface area contributed by atoms with Gasteiger partial charge in [0.15, 0.2) is 5.13 Å². The van der Waals surface area contributed by atoms with E-state index in [1.54, 1.807) is 12.1 Å². The fraction of sp³-hybridized carbons (Fsp3) is 0.471. The number of hydrogen-bond acceptors (Lipinski definition) is 9. The van der Waals surface area contributed by atoms with E-state index in [9.17, 15) is 14.4 Å². The highest BCUT2D eigenvalue weighted by Crippen LogP contribution is 2.49. The van der Waals surface area contributed by atoms with Gasteiger partial charge in [-0.25, -0.2) is 14.4 Å². The quantitative estimate of drug-likeness (QED) is 0.214. The number of rotatable bonds is 8. The maximum atomic E-state index is 13.6. The first-order valence-corrected chi connectivity index (χ1v) is 16.7. The van der Waals surface area contributed by atoms with E-state index in [0.717, 1.165) is 86.6 Å². The number of carbonyl (C=O) groups excluding carboxylic acids is 1. The molecule has 45 heavy (non-hydrogen) atoms. The van der Waals surface area contributed by atoms with E-state index in [1.165, 1.54) is 23.5 Å². The van der Waals surface area contributed by atoms with E-state index in [1.807, 2.05) is 17.0 Å². The van der Waals surface area contributed by atoms with E-state index in [0.29, 0.717) is 21.3 Å². The fourth-order valence-electron chi connectivity index (χ4n) is 7.18. The summed E-state index contributed by atoms with van der Waals surface area (Å²) in [5.74, 6) is 0.658. The maximum Gasteiger partial charge on any atom is 0.328 e. The van der Waals surface area contributed by atoms with Crippen LogP contribution in [-0.4, -0.2) is 58.1 Å². The Bertz CT molecular complexity index is 1800. The molecule has 2 aliphatic heterocycles. The van der Waals surface area contributed by atoms with E-state index >= 15 is 0 Å². The molecule has 11 heteroatoms. The fourth-order valence-corrected chi connectivity index (χ4v) is 8.03. The highest BCUT2D eigenvalue weighted by molar-refractivity contribution is 7.16. The highest BCUT2D eigenvalue weighted by Gasteiger charge is 2.55. The number of nitrogens with zero attached hydrogens (tertiary/aromatic N) is 7. The number of carbonyl (C=O) groups is 1. The van der Waals surface area contributed by atoms with Gasteiger partial charge in [0.25, 0.3) is 0 Å². The second kappa shape index (κ2) is 11.4. The monoisotopic (exact) mass is 627 g/mol. The van der Waals surface area contributed by atoms with Crippen LogP contribution in [0.4, 0.5) is 21.0 Å². The summed E-state index contributed by atoms with van der Waals surface area (Å²) in [6.45, 7) is 9.09. The first-order chi connectivity index (χ1) is 21.7. The second-order valence-corrected chi connectivity index (χ2v) is 13.7. The first kappa shape index (κ1) is 29.7. The van der Waals surface area contributed by atoms with Gasteiger partial charge in [-0.05, 0) is 81.3 Å². The molecule has 1 aromatic carbocycles. The molecule has 1 spiro atoms. The lowest BCUT2D eigenvalue weighted by atomic mass is 9.65. The van der Waals surface area contributed by atoms with Gasteiger partial charge in [-0.3, -0.25) is 9.20 Å². The number of hydrogen-bond donors (Lipinski definition) is 0. The number of hydroxylamine groups is 2. The molecule has 1 aliphatic carbocycles. The number of halogens is 1. The number of aryl methyl sites for hydroxylation is 2. The molecule has 3 aliphatic rings. The van der Waals surface area contributed by atoms with Gasteiger partial charge in [0.05, 0.1) is 23.3 Å². The third kappa shape index (κ3) is 5.14. The normalized spacial score (nSPS) is 19.5. The number of thiazole rings is 1. The lowest BCUT2D eigenvalue weighted by molar-refractivity contribution is -0.280. The summed E-state index contributed by atoms with van der Waals surface area (Å²) in [5.41, 5.74) is 5.55. The Morgan fingerprint density at radius 2 is 1.93 bits per heavy atom. The molecule has 0 bridgehead atoms. The van der Waals surface area contributed by atoms with Crippen molar-refractivity contribution in [3.8, 4) is 17.3 Å². The van der Waals surface area contributed by atoms with Crippen molar-refractivity contribution in [1.29, 1.82) is 5.26 Å². The minimum Gasteiger partial charge on any atom is -0.370 e. The van der Waals surface area contributed by atoms with E-state index in [-0.39, 0.29) is 29.2 Å². The molecule has 1 saturated carbocycles. The highest BCUT2D eigenvalue weighted by atomic mass is 32.1. The van der Waals surface area contributed by atoms with Crippen LogP contribution in [0.25, 0.3) is 16.9 Å². The van der Waals surface area contributed by atoms with E-state index < -0.39 is 0 Å². The largest absolute Gasteiger partial charge is 0.370 e. The standard InChI is InChI=1S/C34H38FN7O2S/c1-5-26-31(39(4)33-38-29(27(18-36)45-33)22-9-11-24(35)12-10-22)41-19-25(17-21(3)30(41)37-26)40-15-13-34(14-16-40)20-42(28(34)6-2)44-32(43)23-7-8-23/h9-12,17,19,23,28H,5-8,13-16,20H2,1-4H3. The van der Waals surface area contributed by atoms with Crippen LogP contribution in [0.1, 0.15) is 62.1 Å². The van der Waals surface area contributed by atoms with Gasteiger partial charge in [-0.15, -0.1) is 5.06 Å². The third-order valence-corrected chi connectivity index (χ3v) is 10.9. The molecule has 0 amide bonds. The smallest absolute Gasteiger partial charge is 0.328 e. The number of nitriles is 1. The molecule has 3 aromatic heterocycles. The van der Waals surface area contributed by atoms with Crippen molar-refractivity contribution in [1.82, 2.24) is 19.4 Å². The number of pyridine rings is 1. The van der Waals surface area contributed by atoms with Gasteiger partial charge in [0.1, 0.15) is 33.9 Å². The minimum atomic E-state index is -0.326. The van der Waals surface area contributed by atoms with Gasteiger partial charge >= 0.3 is 5.97 Å². The molecular formula is C34H38FN7O2S. The van der Waals surface area contributed by atoms with Crippen LogP contribution in [0.5, 0.6) is 0 Å². The molecule has 0 radical (unpaired) electrons. The van der Waals surface area contributed by atoms with Gasteiger partial charge in [0.2, 0.25) is 0 Å². The van der Waals surface area contributed by atoms with Crippen molar-refractivity contribution in [2.45, 2.75) is 65.3 Å². The predicted molar refractivity (Wildman–Crippen MR) is 173 cm³/mol. The zero-order valence-corrected chi connectivity index (χ0v) is 27.0. The summed E-state index contributed by atoms with van der Waals surface area (Å²) >= 11 is 1.32. The lowest BCUT2D eigenvalue weighted by Crippen LogP contribution is -2.67. The molecule has 1 atom stereocenters. The van der Waals surface area contributed by atoms with Crippen LogP contribution < -0.4 is 9.80 Å². The Hall–Kier alpha value is -4.01. The van der Waals surface area contributed by atoms with Gasteiger partial charge < -0.3 is 14.6 Å². The average molecular weight is 628 g/mol. The molecule has 2 saturated heterocycles. The molecule has 9 nitrogen and oxygen atoms in total. The summed E-state index contributed by atoms with van der Waals surface area (Å²) in [6, 6.07) is 10.9. The van der Waals surface area contributed by atoms with Crippen LogP contribution in [0.2, 0.25) is 0 Å². The van der Waals surface area contributed by atoms with Crippen molar-refractivity contribution >= 4 is 39.6 Å². The number of piperidine rings is 1. The van der Waals surface area contributed by atoms with Crippen molar-refractivity contribution in [2.24, 2.45) is 11.3 Å². The number of aromatic nitrogens is 3. The minimum absolute atomic E-state index is 0.0506. The number of fused-ring (bicyclic) bond motifs is 1. The van der Waals surface area contributed by atoms with Crippen LogP contribution in [-0.2, 0) is 16.1 Å². The molecule has 0 N–H and O–H groups in total. The summed E-state index contributed by atoms with van der Waals surface area (Å²) in [7, 11) is 1.97. The van der Waals surface area contributed by atoms with Crippen LogP contribution >= 0.6 is 11.3 Å². The van der Waals surface area contributed by atoms with Gasteiger partial charge in [0, 0.05) is 43.9 Å². The molecular weight excluding hydrogens is 589 g/mol. The van der Waals surface area contributed by atoms with Gasteiger partial charge in [-0.2, -0.15) is 5.26 Å². The van der Waals surface area contributed by atoms with E-state index in [2.05, 4.69) is 48.4 Å². The predicted octanol–water partition coefficient (Wildman–Crippen LogP) is 6.66. The Morgan fingerprint density at radius 1 is 1.20 bits per heavy atom. The summed E-state index contributed by atoms with van der Waals surface area (Å²) in [5, 5.41) is 12.5. The van der Waals surface area contributed by atoms with Crippen molar-refractivity contribution < 1.29 is 14.0 Å². The zero-order valence-electron chi connectivity index (χ0n) is 26.2. The van der Waals surface area contributed by atoms with Crippen molar-refractivity contribution in [3.63, 3.8) is 0 Å². The Labute approximate surface area is 266 Å². The van der Waals surface area contributed by atoms with Crippen LogP contribution in [0.15, 0.2) is 36.5 Å². The molecule has 5 heterocycles. The molecule has 234 valence electrons.